The summed E-state index contributed by atoms with van der Waals surface area (Å²) in [5.41, 5.74) is 2.59. The topological polar surface area (TPSA) is 52.4 Å². The van der Waals surface area contributed by atoms with E-state index in [1.54, 1.807) is 6.07 Å². The highest BCUT2D eigenvalue weighted by molar-refractivity contribution is 9.08. The predicted molar refractivity (Wildman–Crippen MR) is 86.7 cm³/mol. The number of nitrogens with zero attached hydrogens (tertiary/aromatic N) is 1. The number of nitro benzene ring substituents is 1. The highest BCUT2D eigenvalue weighted by atomic mass is 79.9. The second-order valence-corrected chi connectivity index (χ2v) is 5.65. The van der Waals surface area contributed by atoms with Gasteiger partial charge in [-0.05, 0) is 43.2 Å². The first-order valence-electron chi connectivity index (χ1n) is 6.20. The van der Waals surface area contributed by atoms with Crippen molar-refractivity contribution in [2.75, 3.05) is 0 Å². The SMILES string of the molecule is Cc1cc(Cl)cc(C)c1Oc1ccc([N+](=O)[O-])cc1CBr. The molecule has 0 atom stereocenters. The van der Waals surface area contributed by atoms with Gasteiger partial charge in [-0.1, -0.05) is 27.5 Å². The van der Waals surface area contributed by atoms with E-state index in [1.165, 1.54) is 12.1 Å². The van der Waals surface area contributed by atoms with Crippen LogP contribution in [0.5, 0.6) is 11.5 Å². The zero-order valence-electron chi connectivity index (χ0n) is 11.5. The first-order chi connectivity index (χ1) is 9.92. The second kappa shape index (κ2) is 6.45. The summed E-state index contributed by atoms with van der Waals surface area (Å²) in [5.74, 6) is 1.31. The van der Waals surface area contributed by atoms with Gasteiger partial charge in [-0.25, -0.2) is 0 Å². The number of hydrogen-bond donors (Lipinski definition) is 0. The van der Waals surface area contributed by atoms with E-state index in [0.717, 1.165) is 22.4 Å². The van der Waals surface area contributed by atoms with E-state index in [9.17, 15) is 10.1 Å². The smallest absolute Gasteiger partial charge is 0.270 e. The Balaban J connectivity index is 2.42. The molecule has 0 spiro atoms. The monoisotopic (exact) mass is 369 g/mol. The van der Waals surface area contributed by atoms with E-state index in [-0.39, 0.29) is 5.69 Å². The van der Waals surface area contributed by atoms with Crippen LogP contribution in [0.25, 0.3) is 0 Å². The quantitative estimate of drug-likeness (QED) is 0.402. The molecule has 0 aliphatic rings. The number of rotatable bonds is 4. The first kappa shape index (κ1) is 15.8. The Labute approximate surface area is 136 Å². The van der Waals surface area contributed by atoms with Crippen LogP contribution in [-0.4, -0.2) is 4.92 Å². The molecule has 0 aromatic heterocycles. The molecule has 0 heterocycles. The highest BCUT2D eigenvalue weighted by Gasteiger charge is 2.14. The zero-order chi connectivity index (χ0) is 15.6. The molecule has 0 radical (unpaired) electrons. The summed E-state index contributed by atoms with van der Waals surface area (Å²) in [6, 6.07) is 8.20. The van der Waals surface area contributed by atoms with E-state index in [1.807, 2.05) is 26.0 Å². The fourth-order valence-electron chi connectivity index (χ4n) is 2.05. The van der Waals surface area contributed by atoms with Crippen molar-refractivity contribution in [3.63, 3.8) is 0 Å². The molecule has 4 nitrogen and oxygen atoms in total. The molecule has 2 aromatic rings. The van der Waals surface area contributed by atoms with Crippen LogP contribution in [0, 0.1) is 24.0 Å². The number of nitro groups is 1. The van der Waals surface area contributed by atoms with Crippen molar-refractivity contribution in [2.24, 2.45) is 0 Å². The Kier molecular flexibility index (Phi) is 4.85. The number of benzene rings is 2. The van der Waals surface area contributed by atoms with Crippen molar-refractivity contribution in [2.45, 2.75) is 19.2 Å². The summed E-state index contributed by atoms with van der Waals surface area (Å²) in [4.78, 5) is 10.4. The molecule has 0 fully saturated rings. The lowest BCUT2D eigenvalue weighted by atomic mass is 10.1. The molecule has 0 saturated carbocycles. The lowest BCUT2D eigenvalue weighted by Crippen LogP contribution is -1.96. The summed E-state index contributed by atoms with van der Waals surface area (Å²) in [6.45, 7) is 3.82. The molecule has 0 N–H and O–H groups in total. The third-order valence-electron chi connectivity index (χ3n) is 3.04. The van der Waals surface area contributed by atoms with Gasteiger partial charge in [-0.15, -0.1) is 0 Å². The molecule has 110 valence electrons. The van der Waals surface area contributed by atoms with Crippen LogP contribution < -0.4 is 4.74 Å². The van der Waals surface area contributed by atoms with E-state index in [0.29, 0.717) is 16.1 Å². The minimum atomic E-state index is -0.422. The average molecular weight is 371 g/mol. The molecule has 0 saturated heterocycles. The van der Waals surface area contributed by atoms with E-state index in [4.69, 9.17) is 16.3 Å². The van der Waals surface area contributed by atoms with Gasteiger partial charge in [0.1, 0.15) is 11.5 Å². The number of aryl methyl sites for hydroxylation is 2. The molecule has 0 aliphatic heterocycles. The molecular formula is C15H13BrClNO3. The van der Waals surface area contributed by atoms with Gasteiger partial charge in [0.25, 0.3) is 5.69 Å². The number of non-ortho nitro benzene ring substituents is 1. The first-order valence-corrected chi connectivity index (χ1v) is 7.70. The molecule has 0 aliphatic carbocycles. The van der Waals surface area contributed by atoms with Gasteiger partial charge in [0.05, 0.1) is 4.92 Å². The Morgan fingerprint density at radius 2 is 1.86 bits per heavy atom. The largest absolute Gasteiger partial charge is 0.456 e. The van der Waals surface area contributed by atoms with Crippen LogP contribution in [0.15, 0.2) is 30.3 Å². The summed E-state index contributed by atoms with van der Waals surface area (Å²) in [5, 5.41) is 11.9. The number of ether oxygens (including phenoxy) is 1. The van der Waals surface area contributed by atoms with Crippen molar-refractivity contribution >= 4 is 33.2 Å². The third kappa shape index (κ3) is 3.54. The molecule has 2 rings (SSSR count). The van der Waals surface area contributed by atoms with Gasteiger partial charge in [0, 0.05) is 28.0 Å². The maximum atomic E-state index is 10.8. The molecule has 0 unspecified atom stereocenters. The summed E-state index contributed by atoms with van der Waals surface area (Å²) < 4.78 is 5.94. The fraction of sp³-hybridized carbons (Fsp3) is 0.200. The van der Waals surface area contributed by atoms with Crippen LogP contribution in [0.2, 0.25) is 5.02 Å². The molecule has 0 bridgehead atoms. The van der Waals surface area contributed by atoms with Crippen LogP contribution in [0.1, 0.15) is 16.7 Å². The van der Waals surface area contributed by atoms with Gasteiger partial charge < -0.3 is 4.74 Å². The van der Waals surface area contributed by atoms with Crippen LogP contribution in [-0.2, 0) is 5.33 Å². The Morgan fingerprint density at radius 1 is 1.24 bits per heavy atom. The van der Waals surface area contributed by atoms with Crippen LogP contribution >= 0.6 is 27.5 Å². The predicted octanol–water partition coefficient (Wildman–Crippen LogP) is 5.55. The lowest BCUT2D eigenvalue weighted by Gasteiger charge is -2.14. The Hall–Kier alpha value is -1.59. The third-order valence-corrected chi connectivity index (χ3v) is 3.86. The fourth-order valence-corrected chi connectivity index (χ4v) is 2.82. The van der Waals surface area contributed by atoms with Crippen molar-refractivity contribution in [3.05, 3.63) is 62.2 Å². The van der Waals surface area contributed by atoms with Gasteiger partial charge in [-0.3, -0.25) is 10.1 Å². The van der Waals surface area contributed by atoms with Crippen molar-refractivity contribution < 1.29 is 9.66 Å². The Bertz CT molecular complexity index is 680. The summed E-state index contributed by atoms with van der Waals surface area (Å²) >= 11 is 9.33. The van der Waals surface area contributed by atoms with Gasteiger partial charge >= 0.3 is 0 Å². The average Bonchev–Trinajstić information content (AvgIpc) is 2.42. The molecular weight excluding hydrogens is 358 g/mol. The van der Waals surface area contributed by atoms with Crippen LogP contribution in [0.4, 0.5) is 5.69 Å². The second-order valence-electron chi connectivity index (χ2n) is 4.65. The highest BCUT2D eigenvalue weighted by Crippen LogP contribution is 2.35. The number of hydrogen-bond acceptors (Lipinski definition) is 3. The minimum absolute atomic E-state index is 0.0429. The summed E-state index contributed by atoms with van der Waals surface area (Å²) in [7, 11) is 0. The van der Waals surface area contributed by atoms with E-state index >= 15 is 0 Å². The maximum absolute atomic E-state index is 10.8. The molecule has 21 heavy (non-hydrogen) atoms. The van der Waals surface area contributed by atoms with Gasteiger partial charge in [0.2, 0.25) is 0 Å². The molecule has 2 aromatic carbocycles. The normalized spacial score (nSPS) is 10.5. The maximum Gasteiger partial charge on any atom is 0.270 e. The number of halogens is 2. The number of alkyl halides is 1. The minimum Gasteiger partial charge on any atom is -0.456 e. The molecule has 6 heteroatoms. The van der Waals surface area contributed by atoms with Crippen molar-refractivity contribution in [1.82, 2.24) is 0 Å². The van der Waals surface area contributed by atoms with Gasteiger partial charge in [-0.2, -0.15) is 0 Å². The zero-order valence-corrected chi connectivity index (χ0v) is 13.9. The Morgan fingerprint density at radius 3 is 2.38 bits per heavy atom. The lowest BCUT2D eigenvalue weighted by molar-refractivity contribution is -0.384. The summed E-state index contributed by atoms with van der Waals surface area (Å²) in [6.07, 6.45) is 0. The van der Waals surface area contributed by atoms with Crippen molar-refractivity contribution in [1.29, 1.82) is 0 Å². The van der Waals surface area contributed by atoms with Crippen molar-refractivity contribution in [3.8, 4) is 11.5 Å². The van der Waals surface area contributed by atoms with Crippen LogP contribution in [0.3, 0.4) is 0 Å². The van der Waals surface area contributed by atoms with E-state index < -0.39 is 4.92 Å². The standard InChI is InChI=1S/C15H13BrClNO3/c1-9-5-12(17)6-10(2)15(9)21-14-4-3-13(18(19)20)7-11(14)8-16/h3-7H,8H2,1-2H3. The van der Waals surface area contributed by atoms with Gasteiger partial charge in [0.15, 0.2) is 0 Å². The molecule has 0 amide bonds. The van der Waals surface area contributed by atoms with E-state index in [2.05, 4.69) is 15.9 Å².